The van der Waals surface area contributed by atoms with Gasteiger partial charge in [-0.25, -0.2) is 4.98 Å². The van der Waals surface area contributed by atoms with Crippen molar-refractivity contribution >= 4 is 29.0 Å². The molecule has 2 amide bonds. The van der Waals surface area contributed by atoms with Crippen LogP contribution in [0.1, 0.15) is 54.4 Å². The predicted molar refractivity (Wildman–Crippen MR) is 118 cm³/mol. The van der Waals surface area contributed by atoms with Crippen molar-refractivity contribution in [1.29, 1.82) is 5.26 Å². The van der Waals surface area contributed by atoms with E-state index >= 15 is 0 Å². The fraction of sp³-hybridized carbons (Fsp3) is 0.417. The van der Waals surface area contributed by atoms with Crippen molar-refractivity contribution in [2.45, 2.75) is 43.9 Å². The predicted octanol–water partition coefficient (Wildman–Crippen LogP) is 3.84. The number of nitrogens with one attached hydrogen (secondary N) is 2. The third-order valence-corrected chi connectivity index (χ3v) is 6.63. The van der Waals surface area contributed by atoms with E-state index in [1.807, 2.05) is 24.3 Å². The van der Waals surface area contributed by atoms with Gasteiger partial charge >= 0.3 is 0 Å². The molecule has 7 nitrogen and oxygen atoms in total. The van der Waals surface area contributed by atoms with E-state index in [1.54, 1.807) is 11.0 Å². The van der Waals surface area contributed by atoms with Crippen LogP contribution in [0, 0.1) is 17.2 Å². The van der Waals surface area contributed by atoms with Crippen molar-refractivity contribution in [3.05, 3.63) is 47.7 Å². The van der Waals surface area contributed by atoms with Crippen molar-refractivity contribution in [1.82, 2.24) is 4.98 Å². The molecule has 0 atom stereocenters. The lowest BCUT2D eigenvalue weighted by molar-refractivity contribution is -0.117. The highest BCUT2D eigenvalue weighted by Gasteiger charge is 2.35. The minimum atomic E-state index is -0.393. The van der Waals surface area contributed by atoms with Crippen LogP contribution in [-0.2, 0) is 10.2 Å². The molecule has 0 radical (unpaired) electrons. The molecule has 0 unspecified atom stereocenters. The second-order valence-electron chi connectivity index (χ2n) is 8.83. The van der Waals surface area contributed by atoms with Gasteiger partial charge < -0.3 is 15.5 Å². The van der Waals surface area contributed by atoms with Gasteiger partial charge in [0.25, 0.3) is 5.91 Å². The Kier molecular flexibility index (Phi) is 4.85. The van der Waals surface area contributed by atoms with Crippen LogP contribution in [0.2, 0.25) is 0 Å². The molecule has 2 aliphatic carbocycles. The van der Waals surface area contributed by atoms with E-state index in [2.05, 4.69) is 21.7 Å². The Labute approximate surface area is 181 Å². The number of pyridine rings is 1. The number of amides is 2. The van der Waals surface area contributed by atoms with Crippen molar-refractivity contribution in [2.24, 2.45) is 5.92 Å². The van der Waals surface area contributed by atoms with E-state index in [0.29, 0.717) is 35.2 Å². The zero-order valence-electron chi connectivity index (χ0n) is 17.4. The second-order valence-corrected chi connectivity index (χ2v) is 8.83. The summed E-state index contributed by atoms with van der Waals surface area (Å²) in [6.07, 6.45) is 7.75. The number of carbonyl (C=O) groups excluding carboxylic acids is 2. The molecular formula is C24H25N5O2. The molecule has 7 heteroatoms. The van der Waals surface area contributed by atoms with E-state index in [1.165, 1.54) is 6.20 Å². The number of aromatic nitrogens is 1. The summed E-state index contributed by atoms with van der Waals surface area (Å²) < 4.78 is 0. The number of rotatable bonds is 5. The maximum Gasteiger partial charge on any atom is 0.257 e. The number of benzene rings is 1. The molecule has 2 fully saturated rings. The van der Waals surface area contributed by atoms with Gasteiger partial charge in [0.05, 0.1) is 29.3 Å². The van der Waals surface area contributed by atoms with Gasteiger partial charge in [0, 0.05) is 18.4 Å². The van der Waals surface area contributed by atoms with Gasteiger partial charge in [-0.3, -0.25) is 9.59 Å². The molecule has 2 N–H and O–H groups in total. The molecule has 3 aliphatic rings. The molecule has 0 saturated heterocycles. The smallest absolute Gasteiger partial charge is 0.257 e. The summed E-state index contributed by atoms with van der Waals surface area (Å²) in [5.74, 6) is 0.915. The number of fused-ring (bicyclic) bond motifs is 1. The zero-order chi connectivity index (χ0) is 21.4. The van der Waals surface area contributed by atoms with Crippen molar-refractivity contribution in [3.63, 3.8) is 0 Å². The molecule has 0 bridgehead atoms. The molecule has 0 spiro atoms. The third-order valence-electron chi connectivity index (χ3n) is 6.63. The molecule has 2 aromatic rings. The minimum Gasteiger partial charge on any atom is -0.359 e. The minimum absolute atomic E-state index is 0.00711. The molecule has 1 aromatic heterocycles. The van der Waals surface area contributed by atoms with E-state index in [9.17, 15) is 14.9 Å². The van der Waals surface area contributed by atoms with Gasteiger partial charge in [-0.2, -0.15) is 5.26 Å². The highest BCUT2D eigenvalue weighted by atomic mass is 16.2. The summed E-state index contributed by atoms with van der Waals surface area (Å²) in [4.78, 5) is 31.4. The largest absolute Gasteiger partial charge is 0.359 e. The topological polar surface area (TPSA) is 98.1 Å². The first-order chi connectivity index (χ1) is 15.1. The van der Waals surface area contributed by atoms with Crippen LogP contribution in [0.25, 0.3) is 0 Å². The van der Waals surface area contributed by atoms with Gasteiger partial charge in [-0.15, -0.1) is 0 Å². The quantitative estimate of drug-likeness (QED) is 0.773. The molecule has 1 aromatic carbocycles. The summed E-state index contributed by atoms with van der Waals surface area (Å²) in [5, 5.41) is 15.6. The van der Waals surface area contributed by atoms with Crippen LogP contribution >= 0.6 is 0 Å². The first-order valence-corrected chi connectivity index (χ1v) is 11.0. The highest BCUT2D eigenvalue weighted by molar-refractivity contribution is 6.07. The normalized spacial score (nSPS) is 19.3. The van der Waals surface area contributed by atoms with Crippen LogP contribution in [0.5, 0.6) is 0 Å². The van der Waals surface area contributed by atoms with Crippen molar-refractivity contribution in [2.75, 3.05) is 28.6 Å². The molecular weight excluding hydrogens is 390 g/mol. The van der Waals surface area contributed by atoms with Gasteiger partial charge in [0.1, 0.15) is 5.82 Å². The zero-order valence-corrected chi connectivity index (χ0v) is 17.4. The molecule has 2 heterocycles. The summed E-state index contributed by atoms with van der Waals surface area (Å²) in [6, 6.07) is 11.8. The Morgan fingerprint density at radius 3 is 2.68 bits per heavy atom. The average molecular weight is 415 g/mol. The standard InChI is InChI=1S/C24H25N5O2/c25-15-24(9-1-2-10-24)18-5-7-19(8-6-18)28-23(31)17-11-20-22(26-12-17)27-13-21(30)29(20)14-16-3-4-16/h5-8,11-12,16H,1-4,9-10,13-14H2,(H,26,27)(H,28,31). The SMILES string of the molecule is N#CC1(c2ccc(NC(=O)c3cnc4c(c3)N(CC3CC3)C(=O)CN4)cc2)CCCC1. The van der Waals surface area contributed by atoms with E-state index < -0.39 is 5.41 Å². The number of anilines is 3. The Bertz CT molecular complexity index is 1060. The fourth-order valence-electron chi connectivity index (χ4n) is 4.59. The maximum absolute atomic E-state index is 12.9. The van der Waals surface area contributed by atoms with Crippen LogP contribution in [-0.4, -0.2) is 29.9 Å². The summed E-state index contributed by atoms with van der Waals surface area (Å²) in [6.45, 7) is 0.914. The first-order valence-electron chi connectivity index (χ1n) is 11.0. The van der Waals surface area contributed by atoms with Crippen LogP contribution in [0.4, 0.5) is 17.2 Å². The summed E-state index contributed by atoms with van der Waals surface area (Å²) >= 11 is 0. The van der Waals surface area contributed by atoms with Crippen LogP contribution in [0.15, 0.2) is 36.5 Å². The van der Waals surface area contributed by atoms with Gasteiger partial charge in [0.2, 0.25) is 5.91 Å². The molecule has 158 valence electrons. The van der Waals surface area contributed by atoms with Crippen LogP contribution in [0.3, 0.4) is 0 Å². The Hall–Kier alpha value is -3.40. The maximum atomic E-state index is 12.9. The first kappa shape index (κ1) is 19.6. The molecule has 1 aliphatic heterocycles. The van der Waals surface area contributed by atoms with Crippen molar-refractivity contribution in [3.8, 4) is 6.07 Å². The number of hydrogen-bond acceptors (Lipinski definition) is 5. The van der Waals surface area contributed by atoms with Gasteiger partial charge in [0.15, 0.2) is 0 Å². The molecule has 31 heavy (non-hydrogen) atoms. The van der Waals surface area contributed by atoms with Crippen LogP contribution < -0.4 is 15.5 Å². The number of nitriles is 1. The molecule has 2 saturated carbocycles. The monoisotopic (exact) mass is 415 g/mol. The average Bonchev–Trinajstić information content (AvgIpc) is 3.49. The lowest BCUT2D eigenvalue weighted by Gasteiger charge is -2.29. The number of nitrogens with zero attached hydrogens (tertiary/aromatic N) is 3. The van der Waals surface area contributed by atoms with Gasteiger partial charge in [-0.05, 0) is 55.4 Å². The Balaban J connectivity index is 1.33. The summed E-state index contributed by atoms with van der Waals surface area (Å²) in [7, 11) is 0. The summed E-state index contributed by atoms with van der Waals surface area (Å²) in [5.41, 5.74) is 2.37. The molecule has 5 rings (SSSR count). The Morgan fingerprint density at radius 1 is 1.26 bits per heavy atom. The van der Waals surface area contributed by atoms with E-state index in [4.69, 9.17) is 0 Å². The van der Waals surface area contributed by atoms with Gasteiger partial charge in [-0.1, -0.05) is 25.0 Å². The highest BCUT2D eigenvalue weighted by Crippen LogP contribution is 2.41. The lowest BCUT2D eigenvalue weighted by Crippen LogP contribution is -2.41. The lowest BCUT2D eigenvalue weighted by atomic mass is 9.80. The number of hydrogen-bond donors (Lipinski definition) is 2. The third kappa shape index (κ3) is 3.74. The second kappa shape index (κ2) is 7.69. The Morgan fingerprint density at radius 2 is 2.00 bits per heavy atom. The van der Waals surface area contributed by atoms with E-state index in [-0.39, 0.29) is 18.4 Å². The fourth-order valence-corrected chi connectivity index (χ4v) is 4.59. The van der Waals surface area contributed by atoms with E-state index in [0.717, 1.165) is 44.1 Å². The number of carbonyl (C=O) groups is 2. The van der Waals surface area contributed by atoms with Crippen molar-refractivity contribution < 1.29 is 9.59 Å².